The zero-order chi connectivity index (χ0) is 14.4. The van der Waals surface area contributed by atoms with Gasteiger partial charge in [0.2, 0.25) is 0 Å². The van der Waals surface area contributed by atoms with Gasteiger partial charge in [-0.05, 0) is 24.3 Å². The number of hydrogen-bond acceptors (Lipinski definition) is 4. The molecule has 0 heterocycles. The first-order valence-electron chi connectivity index (χ1n) is 5.89. The van der Waals surface area contributed by atoms with Gasteiger partial charge in [-0.15, -0.1) is 0 Å². The molecule has 0 atom stereocenters. The third kappa shape index (κ3) is 4.10. The average molecular weight is 288 g/mol. The van der Waals surface area contributed by atoms with Crippen LogP contribution in [0.15, 0.2) is 64.4 Å². The van der Waals surface area contributed by atoms with Gasteiger partial charge in [0.25, 0.3) is 12.5 Å². The largest absolute Gasteiger partial charge is 0.319 e. The van der Waals surface area contributed by atoms with Crippen molar-refractivity contribution in [3.05, 3.63) is 64.7 Å². The zero-order valence-corrected chi connectivity index (χ0v) is 11.3. The summed E-state index contributed by atoms with van der Waals surface area (Å²) < 4.78 is 0. The van der Waals surface area contributed by atoms with Gasteiger partial charge < -0.3 is 5.32 Å². The molecule has 6 heteroatoms. The Bertz CT molecular complexity index is 617. The van der Waals surface area contributed by atoms with Crippen molar-refractivity contribution in [2.45, 2.75) is 9.79 Å². The Morgan fingerprint density at radius 2 is 1.75 bits per heavy atom. The van der Waals surface area contributed by atoms with Crippen molar-refractivity contribution in [2.24, 2.45) is 0 Å². The maximum atomic E-state index is 11.5. The average Bonchev–Trinajstić information content (AvgIpc) is 2.41. The fourth-order valence-electron chi connectivity index (χ4n) is 1.58. The topological polar surface area (TPSA) is 72.2 Å². The number of carbonyl (C=O) groups is 1. The predicted molar refractivity (Wildman–Crippen MR) is 77.5 cm³/mol. The molecule has 1 N–H and O–H groups in total. The first-order chi connectivity index (χ1) is 9.65. The summed E-state index contributed by atoms with van der Waals surface area (Å²) in [7, 11) is 0. The van der Waals surface area contributed by atoms with Crippen LogP contribution in [0.25, 0.3) is 0 Å². The van der Waals surface area contributed by atoms with Crippen LogP contribution in [-0.2, 0) is 4.79 Å². The summed E-state index contributed by atoms with van der Waals surface area (Å²) in [5.74, 6) is -0.629. The minimum absolute atomic E-state index is 0.577. The van der Waals surface area contributed by atoms with Gasteiger partial charge in [-0.3, -0.25) is 14.9 Å². The van der Waals surface area contributed by atoms with Crippen molar-refractivity contribution in [3.63, 3.8) is 0 Å². The summed E-state index contributed by atoms with van der Waals surface area (Å²) in [5.41, 5.74) is 0.577. The second-order valence-electron chi connectivity index (χ2n) is 3.95. The predicted octanol–water partition coefficient (Wildman–Crippen LogP) is 3.05. The lowest BCUT2D eigenvalue weighted by atomic mass is 10.3. The van der Waals surface area contributed by atoms with Crippen molar-refractivity contribution < 1.29 is 9.72 Å². The fraction of sp³-hybridized carbons (Fsp3) is 0.0714. The number of para-hydroxylation sites is 1. The van der Waals surface area contributed by atoms with Gasteiger partial charge in [0, 0.05) is 14.7 Å². The lowest BCUT2D eigenvalue weighted by Gasteiger charge is -2.09. The van der Waals surface area contributed by atoms with Crippen molar-refractivity contribution in [1.29, 1.82) is 0 Å². The van der Waals surface area contributed by atoms with Crippen LogP contribution < -0.4 is 5.32 Å². The molecule has 0 spiro atoms. The Balaban J connectivity index is 2.14. The van der Waals surface area contributed by atoms with E-state index in [1.165, 1.54) is 11.8 Å². The third-order valence-electron chi connectivity index (χ3n) is 2.40. The second kappa shape index (κ2) is 6.72. The zero-order valence-electron chi connectivity index (χ0n) is 10.5. The molecule has 1 amide bonds. The van der Waals surface area contributed by atoms with Crippen molar-refractivity contribution in [1.82, 2.24) is 0 Å². The third-order valence-corrected chi connectivity index (χ3v) is 3.49. The molecular formula is C14H12N2O3S. The molecule has 0 unspecified atom stereocenters. The molecule has 2 aromatic rings. The fourth-order valence-corrected chi connectivity index (χ4v) is 2.50. The summed E-state index contributed by atoms with van der Waals surface area (Å²) in [5, 5.41) is 12.9. The Kier molecular flexibility index (Phi) is 4.73. The first-order valence-corrected chi connectivity index (χ1v) is 6.70. The molecule has 0 aliphatic heterocycles. The number of rotatable bonds is 5. The van der Waals surface area contributed by atoms with E-state index < -0.39 is 17.4 Å². The maximum Gasteiger partial charge on any atom is 0.296 e. The molecular weight excluding hydrogens is 276 g/mol. The van der Waals surface area contributed by atoms with Crippen LogP contribution in [-0.4, -0.2) is 17.4 Å². The molecule has 0 aliphatic carbocycles. The molecule has 0 radical (unpaired) electrons. The highest BCUT2D eigenvalue weighted by atomic mass is 32.2. The maximum absolute atomic E-state index is 11.5. The summed E-state index contributed by atoms with van der Waals surface area (Å²) in [6, 6.07) is 16.9. The number of benzene rings is 2. The summed E-state index contributed by atoms with van der Waals surface area (Å²) in [4.78, 5) is 23.0. The highest BCUT2D eigenvalue weighted by molar-refractivity contribution is 7.99. The van der Waals surface area contributed by atoms with Crippen LogP contribution >= 0.6 is 11.8 Å². The van der Waals surface area contributed by atoms with Crippen LogP contribution in [0.4, 0.5) is 5.69 Å². The molecule has 0 bridgehead atoms. The Morgan fingerprint density at radius 1 is 1.10 bits per heavy atom. The van der Waals surface area contributed by atoms with E-state index >= 15 is 0 Å². The van der Waals surface area contributed by atoms with Crippen molar-refractivity contribution in [3.8, 4) is 0 Å². The molecule has 20 heavy (non-hydrogen) atoms. The van der Waals surface area contributed by atoms with Gasteiger partial charge >= 0.3 is 0 Å². The van der Waals surface area contributed by atoms with Crippen LogP contribution in [0.1, 0.15) is 0 Å². The van der Waals surface area contributed by atoms with E-state index in [0.717, 1.165) is 9.79 Å². The van der Waals surface area contributed by atoms with Gasteiger partial charge in [-0.1, -0.05) is 42.1 Å². The molecule has 5 nitrogen and oxygen atoms in total. The van der Waals surface area contributed by atoms with E-state index in [1.54, 1.807) is 12.1 Å². The second-order valence-corrected chi connectivity index (χ2v) is 5.07. The number of nitro groups is 1. The molecule has 0 aliphatic rings. The standard InChI is InChI=1S/C14H12N2O3S/c17-14(10-16(18)19)15-12-8-4-5-9-13(12)20-11-6-2-1-3-7-11/h1-9H,10H2,(H,15,17). The van der Waals surface area contributed by atoms with E-state index in [0.29, 0.717) is 5.69 Å². The number of carbonyl (C=O) groups excluding carboxylic acids is 1. The van der Waals surface area contributed by atoms with Gasteiger partial charge in [0.15, 0.2) is 0 Å². The molecule has 0 fully saturated rings. The summed E-state index contributed by atoms with van der Waals surface area (Å²) in [6.45, 7) is -0.732. The van der Waals surface area contributed by atoms with Crippen LogP contribution in [0, 0.1) is 10.1 Å². The molecule has 0 saturated heterocycles. The number of hydrogen-bond donors (Lipinski definition) is 1. The minimum atomic E-state index is -0.732. The van der Waals surface area contributed by atoms with E-state index in [2.05, 4.69) is 5.32 Å². The molecule has 2 aromatic carbocycles. The van der Waals surface area contributed by atoms with Crippen molar-refractivity contribution in [2.75, 3.05) is 11.9 Å². The van der Waals surface area contributed by atoms with Crippen LogP contribution in [0.3, 0.4) is 0 Å². The van der Waals surface area contributed by atoms with Gasteiger partial charge in [-0.25, -0.2) is 0 Å². The monoisotopic (exact) mass is 288 g/mol. The van der Waals surface area contributed by atoms with Crippen LogP contribution in [0.2, 0.25) is 0 Å². The smallest absolute Gasteiger partial charge is 0.296 e. The van der Waals surface area contributed by atoms with Gasteiger partial charge in [0.05, 0.1) is 5.69 Å². The van der Waals surface area contributed by atoms with Gasteiger partial charge in [0.1, 0.15) is 0 Å². The number of amides is 1. The van der Waals surface area contributed by atoms with E-state index in [1.807, 2.05) is 42.5 Å². The highest BCUT2D eigenvalue weighted by Gasteiger charge is 2.12. The number of nitrogens with one attached hydrogen (secondary N) is 1. The summed E-state index contributed by atoms with van der Waals surface area (Å²) in [6.07, 6.45) is 0. The van der Waals surface area contributed by atoms with Crippen LogP contribution in [0.5, 0.6) is 0 Å². The molecule has 0 saturated carbocycles. The Morgan fingerprint density at radius 3 is 2.45 bits per heavy atom. The van der Waals surface area contributed by atoms with Gasteiger partial charge in [-0.2, -0.15) is 0 Å². The SMILES string of the molecule is O=C(C[N+](=O)[O-])Nc1ccccc1Sc1ccccc1. The quantitative estimate of drug-likeness (QED) is 0.678. The summed E-state index contributed by atoms with van der Waals surface area (Å²) >= 11 is 1.49. The molecule has 102 valence electrons. The van der Waals surface area contributed by atoms with E-state index in [-0.39, 0.29) is 0 Å². The van der Waals surface area contributed by atoms with E-state index in [4.69, 9.17) is 0 Å². The number of anilines is 1. The molecule has 2 rings (SSSR count). The van der Waals surface area contributed by atoms with E-state index in [9.17, 15) is 14.9 Å². The first kappa shape index (κ1) is 14.1. The highest BCUT2D eigenvalue weighted by Crippen LogP contribution is 2.33. The Hall–Kier alpha value is -2.34. The number of nitrogens with zero attached hydrogens (tertiary/aromatic N) is 1. The molecule has 0 aromatic heterocycles. The lowest BCUT2D eigenvalue weighted by molar-refractivity contribution is -0.467. The Labute approximate surface area is 120 Å². The minimum Gasteiger partial charge on any atom is -0.319 e. The lowest BCUT2D eigenvalue weighted by Crippen LogP contribution is -2.21. The normalized spacial score (nSPS) is 10.0. The van der Waals surface area contributed by atoms with Crippen molar-refractivity contribution >= 4 is 23.4 Å².